The molecule has 2 aromatic rings. The molecule has 2 heterocycles. The maximum atomic E-state index is 12.4. The molecule has 30 heavy (non-hydrogen) atoms. The third-order valence-corrected chi connectivity index (χ3v) is 5.97. The minimum absolute atomic E-state index is 0.0612. The molecule has 0 bridgehead atoms. The zero-order chi connectivity index (χ0) is 22.1. The summed E-state index contributed by atoms with van der Waals surface area (Å²) in [6, 6.07) is 3.29. The second kappa shape index (κ2) is 8.65. The first kappa shape index (κ1) is 22.1. The van der Waals surface area contributed by atoms with Crippen LogP contribution in [0.25, 0.3) is 0 Å². The Morgan fingerprint density at radius 2 is 2.10 bits per heavy atom. The molecule has 0 saturated carbocycles. The molecule has 0 atom stereocenters. The molecule has 1 aliphatic heterocycles. The summed E-state index contributed by atoms with van der Waals surface area (Å²) in [5, 5.41) is 19.2. The lowest BCUT2D eigenvalue weighted by Crippen LogP contribution is -2.60. The highest BCUT2D eigenvalue weighted by Gasteiger charge is 2.31. The van der Waals surface area contributed by atoms with Crippen molar-refractivity contribution in [2.75, 3.05) is 18.4 Å². The van der Waals surface area contributed by atoms with E-state index in [-0.39, 0.29) is 29.0 Å². The Morgan fingerprint density at radius 3 is 2.73 bits per heavy atom. The van der Waals surface area contributed by atoms with Crippen molar-refractivity contribution in [2.45, 2.75) is 38.8 Å². The number of nitrogens with one attached hydrogen (secondary N) is 2. The van der Waals surface area contributed by atoms with Crippen LogP contribution in [0.15, 0.2) is 30.2 Å². The van der Waals surface area contributed by atoms with Gasteiger partial charge in [0.05, 0.1) is 18.3 Å². The van der Waals surface area contributed by atoms with Gasteiger partial charge in [-0.1, -0.05) is 39.0 Å². The fourth-order valence-corrected chi connectivity index (χ4v) is 4.24. The van der Waals surface area contributed by atoms with E-state index in [0.717, 1.165) is 5.56 Å². The molecule has 1 aromatic heterocycles. The minimum atomic E-state index is -0.266. The van der Waals surface area contributed by atoms with Crippen LogP contribution in [0.3, 0.4) is 0 Å². The van der Waals surface area contributed by atoms with E-state index in [4.69, 9.17) is 11.6 Å². The van der Waals surface area contributed by atoms with Crippen molar-refractivity contribution < 1.29 is 14.7 Å². The van der Waals surface area contributed by atoms with E-state index < -0.39 is 0 Å². The molecule has 2 amide bonds. The van der Waals surface area contributed by atoms with Crippen molar-refractivity contribution in [3.05, 3.63) is 51.5 Å². The number of benzene rings is 1. The Labute approximate surface area is 184 Å². The maximum absolute atomic E-state index is 12.4. The van der Waals surface area contributed by atoms with Crippen molar-refractivity contribution in [3.63, 3.8) is 0 Å². The highest BCUT2D eigenvalue weighted by atomic mass is 35.5. The molecule has 1 aliphatic rings. The van der Waals surface area contributed by atoms with Crippen molar-refractivity contribution in [2.24, 2.45) is 0 Å². The zero-order valence-corrected chi connectivity index (χ0v) is 18.7. The van der Waals surface area contributed by atoms with Crippen LogP contribution in [-0.2, 0) is 16.8 Å². The maximum Gasteiger partial charge on any atom is 0.271 e. The van der Waals surface area contributed by atoms with Crippen molar-refractivity contribution in [1.29, 1.82) is 0 Å². The number of aromatic nitrogens is 1. The Balaban J connectivity index is 1.58. The van der Waals surface area contributed by atoms with Gasteiger partial charge >= 0.3 is 0 Å². The van der Waals surface area contributed by atoms with Crippen LogP contribution in [0, 0.1) is 0 Å². The number of hydrogen-bond donors (Lipinski definition) is 3. The zero-order valence-electron chi connectivity index (χ0n) is 17.2. The molecule has 3 N–H and O–H groups in total. The number of halogens is 1. The molecule has 1 aromatic carbocycles. The van der Waals surface area contributed by atoms with Crippen molar-refractivity contribution in [1.82, 2.24) is 15.2 Å². The number of likely N-dealkylation sites (tertiary alicyclic amines) is 1. The summed E-state index contributed by atoms with van der Waals surface area (Å²) in [4.78, 5) is 29.8. The first-order valence-electron chi connectivity index (χ1n) is 9.52. The highest BCUT2D eigenvalue weighted by Crippen LogP contribution is 2.37. The summed E-state index contributed by atoms with van der Waals surface area (Å²) in [5.74, 6) is -0.341. The summed E-state index contributed by atoms with van der Waals surface area (Å²) in [5.41, 5.74) is 1.65. The van der Waals surface area contributed by atoms with E-state index in [2.05, 4.69) is 43.0 Å². The SMILES string of the molecule is C=CC(=O)N1CC(NC(=O)c2csc(CNc3cc(C(C)(C)C)c(Cl)cc3O)n2)C1. The minimum Gasteiger partial charge on any atom is -0.506 e. The molecule has 0 radical (unpaired) electrons. The number of aromatic hydroxyl groups is 1. The number of thiazole rings is 1. The Kier molecular flexibility index (Phi) is 6.38. The lowest BCUT2D eigenvalue weighted by Gasteiger charge is -2.38. The number of carbonyl (C=O) groups is 2. The fourth-order valence-electron chi connectivity index (χ4n) is 3.08. The molecule has 0 spiro atoms. The van der Waals surface area contributed by atoms with Gasteiger partial charge in [0.25, 0.3) is 5.91 Å². The number of hydrogen-bond acceptors (Lipinski definition) is 6. The van der Waals surface area contributed by atoms with E-state index in [9.17, 15) is 14.7 Å². The molecule has 0 aliphatic carbocycles. The average molecular weight is 449 g/mol. The number of amides is 2. The van der Waals surface area contributed by atoms with Crippen LogP contribution < -0.4 is 10.6 Å². The lowest BCUT2D eigenvalue weighted by atomic mass is 9.86. The van der Waals surface area contributed by atoms with Gasteiger partial charge in [-0.2, -0.15) is 0 Å². The summed E-state index contributed by atoms with van der Waals surface area (Å²) in [7, 11) is 0. The Morgan fingerprint density at radius 1 is 1.40 bits per heavy atom. The van der Waals surface area contributed by atoms with Gasteiger partial charge in [0, 0.05) is 29.6 Å². The molecular formula is C21H25ClN4O3S. The van der Waals surface area contributed by atoms with Crippen LogP contribution in [0.4, 0.5) is 5.69 Å². The second-order valence-corrected chi connectivity index (χ2v) is 9.55. The van der Waals surface area contributed by atoms with E-state index in [1.165, 1.54) is 23.5 Å². The van der Waals surface area contributed by atoms with Crippen LogP contribution in [-0.4, -0.2) is 45.9 Å². The number of anilines is 1. The number of phenols is 1. The predicted molar refractivity (Wildman–Crippen MR) is 119 cm³/mol. The molecule has 1 saturated heterocycles. The average Bonchev–Trinajstić information content (AvgIpc) is 3.11. The van der Waals surface area contributed by atoms with Gasteiger partial charge in [-0.25, -0.2) is 4.98 Å². The first-order chi connectivity index (χ1) is 14.1. The van der Waals surface area contributed by atoms with E-state index in [1.54, 1.807) is 10.3 Å². The molecule has 0 unspecified atom stereocenters. The van der Waals surface area contributed by atoms with Crippen LogP contribution in [0.2, 0.25) is 5.02 Å². The summed E-state index contributed by atoms with van der Waals surface area (Å²) in [6.45, 7) is 10.9. The standard InChI is InChI=1S/C21H25ClN4O3S/c1-5-19(28)26-9-12(10-26)24-20(29)16-11-30-18(25-16)8-23-15-6-13(21(2,3)4)14(22)7-17(15)27/h5-7,11-12,23,27H,1,8-10H2,2-4H3,(H,24,29). The summed E-state index contributed by atoms with van der Waals surface area (Å²) < 4.78 is 0. The smallest absolute Gasteiger partial charge is 0.271 e. The van der Waals surface area contributed by atoms with Crippen molar-refractivity contribution >= 4 is 40.4 Å². The quantitative estimate of drug-likeness (QED) is 0.464. The predicted octanol–water partition coefficient (Wildman–Crippen LogP) is 3.54. The Bertz CT molecular complexity index is 977. The van der Waals surface area contributed by atoms with Gasteiger partial charge in [0.2, 0.25) is 5.91 Å². The fraction of sp³-hybridized carbons (Fsp3) is 0.381. The van der Waals surface area contributed by atoms with E-state index >= 15 is 0 Å². The third kappa shape index (κ3) is 4.94. The molecule has 9 heteroatoms. The van der Waals surface area contributed by atoms with E-state index in [1.807, 2.05) is 6.07 Å². The van der Waals surface area contributed by atoms with Crippen molar-refractivity contribution in [3.8, 4) is 5.75 Å². The van der Waals surface area contributed by atoms with Gasteiger partial charge in [-0.3, -0.25) is 9.59 Å². The van der Waals surface area contributed by atoms with Gasteiger partial charge in [0.15, 0.2) is 0 Å². The molecule has 160 valence electrons. The second-order valence-electron chi connectivity index (χ2n) is 8.20. The number of nitrogens with zero attached hydrogens (tertiary/aromatic N) is 2. The van der Waals surface area contributed by atoms with Gasteiger partial charge in [0.1, 0.15) is 16.5 Å². The van der Waals surface area contributed by atoms with Crippen LogP contribution >= 0.6 is 22.9 Å². The molecular weight excluding hydrogens is 424 g/mol. The topological polar surface area (TPSA) is 94.6 Å². The van der Waals surface area contributed by atoms with Crippen LogP contribution in [0.5, 0.6) is 5.75 Å². The normalized spacial score (nSPS) is 14.2. The molecule has 3 rings (SSSR count). The van der Waals surface area contributed by atoms with E-state index in [0.29, 0.717) is 41.0 Å². The monoisotopic (exact) mass is 448 g/mol. The van der Waals surface area contributed by atoms with Gasteiger partial charge in [-0.05, 0) is 23.1 Å². The summed E-state index contributed by atoms with van der Waals surface area (Å²) in [6.07, 6.45) is 1.26. The largest absolute Gasteiger partial charge is 0.506 e. The first-order valence-corrected chi connectivity index (χ1v) is 10.8. The molecule has 7 nitrogen and oxygen atoms in total. The number of phenolic OH excluding ortho intramolecular Hbond substituents is 1. The van der Waals surface area contributed by atoms with Crippen LogP contribution in [0.1, 0.15) is 41.8 Å². The lowest BCUT2D eigenvalue weighted by molar-refractivity contribution is -0.130. The summed E-state index contributed by atoms with van der Waals surface area (Å²) >= 11 is 7.62. The van der Waals surface area contributed by atoms with Gasteiger partial charge < -0.3 is 20.6 Å². The number of carbonyl (C=O) groups excluding carboxylic acids is 2. The third-order valence-electron chi connectivity index (χ3n) is 4.81. The van der Waals surface area contributed by atoms with Gasteiger partial charge in [-0.15, -0.1) is 11.3 Å². The highest BCUT2D eigenvalue weighted by molar-refractivity contribution is 7.09. The Hall–Kier alpha value is -2.58. The molecule has 1 fully saturated rings. The number of rotatable bonds is 6.